The Kier molecular flexibility index (Phi) is 4.11. The normalized spacial score (nSPS) is 10.3. The van der Waals surface area contributed by atoms with Crippen molar-refractivity contribution in [3.63, 3.8) is 0 Å². The fourth-order valence-corrected chi connectivity index (χ4v) is 1.97. The average molecular weight is 263 g/mol. The molecule has 0 aromatic heterocycles. The molecule has 0 bridgehead atoms. The van der Waals surface area contributed by atoms with E-state index < -0.39 is 0 Å². The van der Waals surface area contributed by atoms with Crippen LogP contribution in [0.3, 0.4) is 0 Å². The van der Waals surface area contributed by atoms with E-state index in [0.29, 0.717) is 12.5 Å². The Bertz CT molecular complexity index is 538. The topological polar surface area (TPSA) is 29.5 Å². The van der Waals surface area contributed by atoms with Crippen LogP contribution in [-0.2, 0) is 12.5 Å². The minimum absolute atomic E-state index is 0.248. The Morgan fingerprint density at radius 3 is 2.72 bits per heavy atom. The van der Waals surface area contributed by atoms with Crippen molar-refractivity contribution in [1.82, 2.24) is 0 Å². The molecule has 2 nitrogen and oxygen atoms in total. The molecule has 2 aromatic rings. The molecule has 18 heavy (non-hydrogen) atoms. The molecule has 0 saturated carbocycles. The van der Waals surface area contributed by atoms with E-state index >= 15 is 0 Å². The van der Waals surface area contributed by atoms with E-state index in [1.165, 1.54) is 0 Å². The van der Waals surface area contributed by atoms with Crippen LogP contribution in [0.5, 0.6) is 11.5 Å². The van der Waals surface area contributed by atoms with E-state index in [1.54, 1.807) is 18.2 Å². The molecule has 0 radical (unpaired) electrons. The van der Waals surface area contributed by atoms with Gasteiger partial charge in [0.05, 0.1) is 5.88 Å². The molecule has 0 amide bonds. The molecule has 2 rings (SSSR count). The fourth-order valence-electron chi connectivity index (χ4n) is 1.76. The molecule has 0 unspecified atom stereocenters. The number of rotatable bonds is 4. The van der Waals surface area contributed by atoms with E-state index in [2.05, 4.69) is 0 Å². The third kappa shape index (κ3) is 3.17. The van der Waals surface area contributed by atoms with Crippen LogP contribution in [0.1, 0.15) is 16.7 Å². The van der Waals surface area contributed by atoms with Crippen LogP contribution in [0.2, 0.25) is 0 Å². The first-order valence-electron chi connectivity index (χ1n) is 5.75. The summed E-state index contributed by atoms with van der Waals surface area (Å²) in [5.74, 6) is 1.47. The minimum atomic E-state index is 0.248. The van der Waals surface area contributed by atoms with Gasteiger partial charge in [-0.05, 0) is 30.7 Å². The lowest BCUT2D eigenvalue weighted by Crippen LogP contribution is -1.98. The smallest absolute Gasteiger partial charge is 0.124 e. The number of hydrogen-bond donors (Lipinski definition) is 1. The van der Waals surface area contributed by atoms with Crippen molar-refractivity contribution in [3.05, 3.63) is 59.2 Å². The minimum Gasteiger partial charge on any atom is -0.508 e. The van der Waals surface area contributed by atoms with E-state index in [1.807, 2.05) is 31.2 Å². The zero-order chi connectivity index (χ0) is 13.0. The second-order valence-corrected chi connectivity index (χ2v) is 4.47. The summed E-state index contributed by atoms with van der Waals surface area (Å²) in [7, 11) is 0. The van der Waals surface area contributed by atoms with E-state index in [-0.39, 0.29) is 5.75 Å². The third-order valence-corrected chi connectivity index (χ3v) is 2.95. The standard InChI is InChI=1S/C15H15ClO2/c1-11-5-6-15(13(7-11)9-16)18-10-12-3-2-4-14(17)8-12/h2-8,17H,9-10H2,1H3. The van der Waals surface area contributed by atoms with Gasteiger partial charge < -0.3 is 9.84 Å². The Morgan fingerprint density at radius 2 is 2.00 bits per heavy atom. The number of phenolic OH excluding ortho intramolecular Hbond substituents is 1. The summed E-state index contributed by atoms with van der Waals surface area (Å²) in [4.78, 5) is 0. The average Bonchev–Trinajstić information content (AvgIpc) is 2.37. The van der Waals surface area contributed by atoms with Gasteiger partial charge in [0, 0.05) is 5.56 Å². The number of hydrogen-bond acceptors (Lipinski definition) is 2. The van der Waals surface area contributed by atoms with Gasteiger partial charge in [-0.2, -0.15) is 0 Å². The number of aromatic hydroxyl groups is 1. The summed E-state index contributed by atoms with van der Waals surface area (Å²) in [6.45, 7) is 2.44. The first kappa shape index (κ1) is 12.8. The van der Waals surface area contributed by atoms with Crippen molar-refractivity contribution in [2.24, 2.45) is 0 Å². The predicted octanol–water partition coefficient (Wildman–Crippen LogP) is 4.02. The molecule has 0 fully saturated rings. The summed E-state index contributed by atoms with van der Waals surface area (Å²) in [6.07, 6.45) is 0. The molecule has 0 aliphatic heterocycles. The highest BCUT2D eigenvalue weighted by Crippen LogP contribution is 2.23. The van der Waals surface area contributed by atoms with Gasteiger partial charge in [-0.15, -0.1) is 11.6 Å². The lowest BCUT2D eigenvalue weighted by atomic mass is 10.1. The van der Waals surface area contributed by atoms with Gasteiger partial charge in [-0.25, -0.2) is 0 Å². The maximum Gasteiger partial charge on any atom is 0.124 e. The van der Waals surface area contributed by atoms with Gasteiger partial charge in [0.2, 0.25) is 0 Å². The van der Waals surface area contributed by atoms with Crippen molar-refractivity contribution in [2.45, 2.75) is 19.4 Å². The van der Waals surface area contributed by atoms with Crippen LogP contribution in [0.4, 0.5) is 0 Å². The van der Waals surface area contributed by atoms with Gasteiger partial charge in [-0.1, -0.05) is 29.8 Å². The molecular weight excluding hydrogens is 248 g/mol. The molecule has 2 aromatic carbocycles. The Morgan fingerprint density at radius 1 is 1.17 bits per heavy atom. The fraction of sp³-hybridized carbons (Fsp3) is 0.200. The summed E-state index contributed by atoms with van der Waals surface area (Å²) in [5.41, 5.74) is 3.07. The van der Waals surface area contributed by atoms with Crippen molar-refractivity contribution in [2.75, 3.05) is 0 Å². The number of halogens is 1. The van der Waals surface area contributed by atoms with Crippen molar-refractivity contribution in [1.29, 1.82) is 0 Å². The number of alkyl halides is 1. The van der Waals surface area contributed by atoms with Gasteiger partial charge in [0.15, 0.2) is 0 Å². The second kappa shape index (κ2) is 5.78. The number of aryl methyl sites for hydroxylation is 1. The largest absolute Gasteiger partial charge is 0.508 e. The zero-order valence-corrected chi connectivity index (χ0v) is 10.9. The maximum absolute atomic E-state index is 9.37. The molecular formula is C15H15ClO2. The first-order valence-corrected chi connectivity index (χ1v) is 6.28. The van der Waals surface area contributed by atoms with Crippen LogP contribution in [0.15, 0.2) is 42.5 Å². The monoisotopic (exact) mass is 262 g/mol. The van der Waals surface area contributed by atoms with E-state index in [4.69, 9.17) is 16.3 Å². The van der Waals surface area contributed by atoms with Gasteiger partial charge >= 0.3 is 0 Å². The molecule has 94 valence electrons. The van der Waals surface area contributed by atoms with Gasteiger partial charge in [0.25, 0.3) is 0 Å². The first-order chi connectivity index (χ1) is 8.69. The van der Waals surface area contributed by atoms with Gasteiger partial charge in [-0.3, -0.25) is 0 Å². The Hall–Kier alpha value is -1.67. The molecule has 0 saturated heterocycles. The summed E-state index contributed by atoms with van der Waals surface area (Å²) >= 11 is 5.89. The zero-order valence-electron chi connectivity index (χ0n) is 10.2. The Labute approximate surface area is 112 Å². The maximum atomic E-state index is 9.37. The van der Waals surface area contributed by atoms with Gasteiger partial charge in [0.1, 0.15) is 18.1 Å². The lowest BCUT2D eigenvalue weighted by Gasteiger charge is -2.11. The van der Waals surface area contributed by atoms with E-state index in [0.717, 1.165) is 22.4 Å². The Balaban J connectivity index is 2.10. The SMILES string of the molecule is Cc1ccc(OCc2cccc(O)c2)c(CCl)c1. The quantitative estimate of drug-likeness (QED) is 0.844. The van der Waals surface area contributed by atoms with Crippen LogP contribution in [0.25, 0.3) is 0 Å². The summed E-state index contributed by atoms with van der Waals surface area (Å²) in [6, 6.07) is 13.0. The number of phenols is 1. The van der Waals surface area contributed by atoms with Crippen LogP contribution in [0, 0.1) is 6.92 Å². The lowest BCUT2D eigenvalue weighted by molar-refractivity contribution is 0.303. The van der Waals surface area contributed by atoms with Crippen LogP contribution in [-0.4, -0.2) is 5.11 Å². The van der Waals surface area contributed by atoms with Crippen molar-refractivity contribution < 1.29 is 9.84 Å². The predicted molar refractivity (Wildman–Crippen MR) is 73.2 cm³/mol. The number of benzene rings is 2. The summed E-state index contributed by atoms with van der Waals surface area (Å²) in [5, 5.41) is 9.37. The molecule has 0 heterocycles. The van der Waals surface area contributed by atoms with Crippen LogP contribution < -0.4 is 4.74 Å². The van der Waals surface area contributed by atoms with Crippen molar-refractivity contribution in [3.8, 4) is 11.5 Å². The highest BCUT2D eigenvalue weighted by Gasteiger charge is 2.04. The van der Waals surface area contributed by atoms with Crippen LogP contribution >= 0.6 is 11.6 Å². The summed E-state index contributed by atoms with van der Waals surface area (Å²) < 4.78 is 5.73. The molecule has 3 heteroatoms. The highest BCUT2D eigenvalue weighted by molar-refractivity contribution is 6.17. The van der Waals surface area contributed by atoms with E-state index in [9.17, 15) is 5.11 Å². The molecule has 0 spiro atoms. The van der Waals surface area contributed by atoms with Crippen molar-refractivity contribution >= 4 is 11.6 Å². The molecule has 0 aliphatic carbocycles. The number of ether oxygens (including phenoxy) is 1. The highest BCUT2D eigenvalue weighted by atomic mass is 35.5. The molecule has 0 atom stereocenters. The molecule has 0 aliphatic rings. The third-order valence-electron chi connectivity index (χ3n) is 2.66. The molecule has 1 N–H and O–H groups in total. The second-order valence-electron chi connectivity index (χ2n) is 4.20.